The van der Waals surface area contributed by atoms with Crippen LogP contribution in [0.5, 0.6) is 0 Å². The molecule has 0 saturated heterocycles. The number of nitrogens with zero attached hydrogens (tertiary/aromatic N) is 1. The molecule has 1 aliphatic heterocycles. The number of hydrogen-bond acceptors (Lipinski definition) is 3. The Morgan fingerprint density at radius 2 is 1.18 bits per heavy atom. The minimum atomic E-state index is -0.638. The number of benzene rings is 1. The Morgan fingerprint density at radius 3 is 1.47 bits per heavy atom. The highest BCUT2D eigenvalue weighted by molar-refractivity contribution is 9.15. The van der Waals surface area contributed by atoms with Gasteiger partial charge in [0.15, 0.2) is 0 Å². The number of amides is 2. The van der Waals surface area contributed by atoms with E-state index < -0.39 is 18.5 Å². The van der Waals surface area contributed by atoms with E-state index in [0.29, 0.717) is 17.9 Å². The van der Waals surface area contributed by atoms with E-state index in [9.17, 15) is 9.59 Å². The molecule has 0 aliphatic carbocycles. The fourth-order valence-electron chi connectivity index (χ4n) is 1.52. The average Bonchev–Trinajstić information content (AvgIpc) is 2.55. The maximum Gasteiger partial charge on any atom is 0.264 e. The van der Waals surface area contributed by atoms with E-state index in [1.54, 1.807) is 0 Å². The Morgan fingerprint density at radius 1 is 0.824 bits per heavy atom. The molecule has 2 rings (SSSR count). The second-order valence-electron chi connectivity index (χ2n) is 3.19. The summed E-state index contributed by atoms with van der Waals surface area (Å²) in [6.45, 7) is -0.638. The quantitative estimate of drug-likeness (QED) is 0.372. The van der Waals surface area contributed by atoms with Gasteiger partial charge in [0.2, 0.25) is 0 Å². The third-order valence-corrected chi connectivity index (χ3v) is 7.09. The van der Waals surface area contributed by atoms with Crippen molar-refractivity contribution in [2.75, 3.05) is 6.73 Å². The van der Waals surface area contributed by atoms with Gasteiger partial charge in [0.25, 0.3) is 11.8 Å². The number of fused-ring (bicyclic) bond motifs is 1. The molecule has 8 heteroatoms. The van der Waals surface area contributed by atoms with E-state index in [1.165, 1.54) is 0 Å². The van der Waals surface area contributed by atoms with Crippen LogP contribution in [-0.2, 0) is 0 Å². The predicted octanol–water partition coefficient (Wildman–Crippen LogP) is 3.28. The number of imide groups is 1. The lowest BCUT2D eigenvalue weighted by Crippen LogP contribution is -2.30. The molecule has 1 aromatic carbocycles. The lowest BCUT2D eigenvalue weighted by atomic mass is 10.1. The van der Waals surface area contributed by atoms with Crippen molar-refractivity contribution in [3.8, 4) is 0 Å². The van der Waals surface area contributed by atoms with E-state index in [2.05, 4.69) is 63.7 Å². The van der Waals surface area contributed by atoms with Gasteiger partial charge in [-0.05, 0) is 63.7 Å². The molecule has 17 heavy (non-hydrogen) atoms. The van der Waals surface area contributed by atoms with Crippen LogP contribution in [0.4, 0.5) is 0 Å². The Kier molecular flexibility index (Phi) is 3.80. The highest BCUT2D eigenvalue weighted by Crippen LogP contribution is 2.45. The molecule has 0 bridgehead atoms. The zero-order valence-corrected chi connectivity index (χ0v) is 14.3. The van der Waals surface area contributed by atoms with Crippen LogP contribution in [-0.4, -0.2) is 28.6 Å². The molecule has 90 valence electrons. The first kappa shape index (κ1) is 13.7. The minimum Gasteiger partial charge on any atom is -0.376 e. The highest BCUT2D eigenvalue weighted by atomic mass is 79.9. The maximum atomic E-state index is 11.9. The van der Waals surface area contributed by atoms with E-state index in [4.69, 9.17) is 5.11 Å². The number of halogens is 4. The Bertz CT molecular complexity index is 511. The Labute approximate surface area is 130 Å². The Hall–Kier alpha value is 0.240. The monoisotopic (exact) mass is 489 g/mol. The summed E-state index contributed by atoms with van der Waals surface area (Å²) in [6.07, 6.45) is 0. The standard InChI is InChI=1S/C9H3Br4NO3/c10-4-2-3(5(11)7(13)6(4)12)9(17)14(1-15)8(2)16/h15H,1H2. The number of rotatable bonds is 1. The number of carbonyl (C=O) groups excluding carboxylic acids is 2. The van der Waals surface area contributed by atoms with Crippen LogP contribution in [0.2, 0.25) is 0 Å². The summed E-state index contributed by atoms with van der Waals surface area (Å²) in [4.78, 5) is 24.6. The fraction of sp³-hybridized carbons (Fsp3) is 0.111. The van der Waals surface area contributed by atoms with Gasteiger partial charge in [-0.1, -0.05) is 0 Å². The molecule has 0 atom stereocenters. The van der Waals surface area contributed by atoms with E-state index in [1.807, 2.05) is 0 Å². The number of aliphatic hydroxyl groups excluding tert-OH is 1. The summed E-state index contributed by atoms with van der Waals surface area (Å²) in [6, 6.07) is 0. The smallest absolute Gasteiger partial charge is 0.264 e. The summed E-state index contributed by atoms with van der Waals surface area (Å²) in [5.74, 6) is -1.04. The summed E-state index contributed by atoms with van der Waals surface area (Å²) < 4.78 is 2.22. The van der Waals surface area contributed by atoms with Crippen molar-refractivity contribution in [2.45, 2.75) is 0 Å². The lowest BCUT2D eigenvalue weighted by Gasteiger charge is -2.07. The fourth-order valence-corrected chi connectivity index (χ4v) is 3.98. The summed E-state index contributed by atoms with van der Waals surface area (Å²) in [5, 5.41) is 9.03. The maximum absolute atomic E-state index is 11.9. The molecule has 1 N–H and O–H groups in total. The Balaban J connectivity index is 2.84. The van der Waals surface area contributed by atoms with Crippen molar-refractivity contribution in [3.63, 3.8) is 0 Å². The number of carbonyl (C=O) groups is 2. The second-order valence-corrected chi connectivity index (χ2v) is 6.36. The highest BCUT2D eigenvalue weighted by Gasteiger charge is 2.40. The van der Waals surface area contributed by atoms with Crippen molar-refractivity contribution in [2.24, 2.45) is 0 Å². The normalized spacial score (nSPS) is 14.5. The van der Waals surface area contributed by atoms with Crippen LogP contribution in [0.3, 0.4) is 0 Å². The van der Waals surface area contributed by atoms with Crippen LogP contribution in [0.25, 0.3) is 0 Å². The van der Waals surface area contributed by atoms with E-state index in [-0.39, 0.29) is 11.1 Å². The molecular weight excluding hydrogens is 490 g/mol. The summed E-state index contributed by atoms with van der Waals surface area (Å²) >= 11 is 13.1. The van der Waals surface area contributed by atoms with Crippen LogP contribution in [0.1, 0.15) is 20.7 Å². The molecular formula is C9H3Br4NO3. The topological polar surface area (TPSA) is 57.6 Å². The van der Waals surface area contributed by atoms with Crippen LogP contribution in [0.15, 0.2) is 17.9 Å². The molecule has 0 aromatic heterocycles. The largest absolute Gasteiger partial charge is 0.376 e. The second kappa shape index (κ2) is 4.73. The van der Waals surface area contributed by atoms with Gasteiger partial charge < -0.3 is 5.11 Å². The predicted molar refractivity (Wildman–Crippen MR) is 74.8 cm³/mol. The minimum absolute atomic E-state index is 0.242. The van der Waals surface area contributed by atoms with Crippen molar-refractivity contribution < 1.29 is 14.7 Å². The molecule has 0 radical (unpaired) electrons. The van der Waals surface area contributed by atoms with Gasteiger partial charge in [-0.25, -0.2) is 0 Å². The van der Waals surface area contributed by atoms with Gasteiger partial charge >= 0.3 is 0 Å². The first-order valence-corrected chi connectivity index (χ1v) is 7.42. The average molecular weight is 493 g/mol. The van der Waals surface area contributed by atoms with E-state index in [0.717, 1.165) is 4.90 Å². The van der Waals surface area contributed by atoms with Crippen molar-refractivity contribution in [1.29, 1.82) is 0 Å². The first-order valence-electron chi connectivity index (χ1n) is 4.24. The van der Waals surface area contributed by atoms with E-state index >= 15 is 0 Å². The molecule has 1 heterocycles. The van der Waals surface area contributed by atoms with Gasteiger partial charge in [0.05, 0.1) is 11.1 Å². The van der Waals surface area contributed by atoms with Gasteiger partial charge in [-0.15, -0.1) is 0 Å². The number of hydrogen-bond donors (Lipinski definition) is 1. The molecule has 0 saturated carbocycles. The van der Waals surface area contributed by atoms with Gasteiger partial charge in [0, 0.05) is 17.9 Å². The zero-order valence-electron chi connectivity index (χ0n) is 7.93. The van der Waals surface area contributed by atoms with Crippen molar-refractivity contribution in [3.05, 3.63) is 29.0 Å². The van der Waals surface area contributed by atoms with Gasteiger partial charge in [-0.3, -0.25) is 14.5 Å². The first-order chi connectivity index (χ1) is 7.91. The van der Waals surface area contributed by atoms with Crippen LogP contribution < -0.4 is 0 Å². The summed E-state index contributed by atoms with van der Waals surface area (Å²) in [7, 11) is 0. The van der Waals surface area contributed by atoms with Gasteiger partial charge in [-0.2, -0.15) is 0 Å². The molecule has 0 spiro atoms. The third-order valence-electron chi connectivity index (χ3n) is 2.33. The lowest BCUT2D eigenvalue weighted by molar-refractivity contribution is 0.0489. The molecule has 4 nitrogen and oxygen atoms in total. The molecule has 0 fully saturated rings. The summed E-state index contributed by atoms with van der Waals surface area (Å²) in [5.41, 5.74) is 0.483. The van der Waals surface area contributed by atoms with Crippen molar-refractivity contribution in [1.82, 2.24) is 4.90 Å². The van der Waals surface area contributed by atoms with Crippen molar-refractivity contribution >= 4 is 75.5 Å². The molecule has 1 aliphatic rings. The zero-order chi connectivity index (χ0) is 12.9. The third kappa shape index (κ3) is 1.85. The number of aliphatic hydroxyl groups is 1. The van der Waals surface area contributed by atoms with Crippen LogP contribution >= 0.6 is 63.7 Å². The molecule has 1 aromatic rings. The van der Waals surface area contributed by atoms with Gasteiger partial charge in [0.1, 0.15) is 6.73 Å². The molecule has 2 amide bonds. The molecule has 0 unspecified atom stereocenters. The SMILES string of the molecule is O=C1c2c(Br)c(Br)c(Br)c(Br)c2C(=O)N1CO. The van der Waals surface area contributed by atoms with Crippen LogP contribution in [0, 0.1) is 0 Å².